The van der Waals surface area contributed by atoms with Gasteiger partial charge in [0, 0.05) is 13.3 Å². The van der Waals surface area contributed by atoms with Crippen LogP contribution in [0.1, 0.15) is 29.8 Å². The normalized spacial score (nSPS) is 18.1. The number of hydrogen-bond acceptors (Lipinski definition) is 4. The van der Waals surface area contributed by atoms with Crippen molar-refractivity contribution in [2.24, 2.45) is 5.10 Å². The third-order valence-corrected chi connectivity index (χ3v) is 4.24. The van der Waals surface area contributed by atoms with Crippen molar-refractivity contribution < 1.29 is 9.90 Å². The standard InChI is InChI=1S/C15H14N2O2S/c1-10(18)17-14(11-4-6-12(19)7-5-11)9-13(16-17)15-3-2-8-20-15/h2-8,14,19H,9H2,1H3/t14-/m1/s1. The Morgan fingerprint density at radius 2 is 2.10 bits per heavy atom. The Morgan fingerprint density at radius 3 is 2.70 bits per heavy atom. The summed E-state index contributed by atoms with van der Waals surface area (Å²) in [6, 6.07) is 10.8. The second-order valence-electron chi connectivity index (χ2n) is 4.70. The minimum absolute atomic E-state index is 0.0744. The molecule has 1 aliphatic rings. The van der Waals surface area contributed by atoms with Crippen molar-refractivity contribution in [2.45, 2.75) is 19.4 Å². The molecule has 0 fully saturated rings. The molecule has 2 aromatic rings. The Bertz CT molecular complexity index is 647. The van der Waals surface area contributed by atoms with Crippen molar-refractivity contribution in [3.8, 4) is 5.75 Å². The summed E-state index contributed by atoms with van der Waals surface area (Å²) in [5, 5.41) is 17.4. The van der Waals surface area contributed by atoms with Crippen LogP contribution in [0.3, 0.4) is 0 Å². The maximum absolute atomic E-state index is 11.8. The summed E-state index contributed by atoms with van der Waals surface area (Å²) in [7, 11) is 0. The maximum atomic E-state index is 11.8. The molecule has 1 atom stereocenters. The van der Waals surface area contributed by atoms with Crippen LogP contribution >= 0.6 is 11.3 Å². The first-order chi connectivity index (χ1) is 9.65. The lowest BCUT2D eigenvalue weighted by Crippen LogP contribution is -2.24. The van der Waals surface area contributed by atoms with Gasteiger partial charge in [0.05, 0.1) is 16.6 Å². The van der Waals surface area contributed by atoms with Crippen LogP contribution in [0.25, 0.3) is 0 Å². The second kappa shape index (κ2) is 5.09. The van der Waals surface area contributed by atoms with Gasteiger partial charge in [0.2, 0.25) is 5.91 Å². The van der Waals surface area contributed by atoms with Crippen molar-refractivity contribution in [3.05, 3.63) is 52.2 Å². The lowest BCUT2D eigenvalue weighted by atomic mass is 10.0. The molecule has 0 unspecified atom stereocenters. The number of rotatable bonds is 2. The molecule has 2 heterocycles. The Balaban J connectivity index is 1.93. The topological polar surface area (TPSA) is 52.9 Å². The van der Waals surface area contributed by atoms with Gasteiger partial charge in [0.1, 0.15) is 5.75 Å². The van der Waals surface area contributed by atoms with Crippen LogP contribution in [-0.4, -0.2) is 21.7 Å². The van der Waals surface area contributed by atoms with Gasteiger partial charge in [-0.15, -0.1) is 11.3 Å². The Kier molecular flexibility index (Phi) is 3.28. The van der Waals surface area contributed by atoms with Gasteiger partial charge in [0.15, 0.2) is 0 Å². The van der Waals surface area contributed by atoms with E-state index in [1.165, 1.54) is 11.9 Å². The number of amides is 1. The predicted octanol–water partition coefficient (Wildman–Crippen LogP) is 3.15. The van der Waals surface area contributed by atoms with E-state index in [0.29, 0.717) is 6.42 Å². The van der Waals surface area contributed by atoms with E-state index in [9.17, 15) is 9.90 Å². The minimum atomic E-state index is -0.0924. The zero-order valence-corrected chi connectivity index (χ0v) is 11.8. The first-order valence-electron chi connectivity index (χ1n) is 6.35. The summed E-state index contributed by atoms with van der Waals surface area (Å²) < 4.78 is 0. The smallest absolute Gasteiger partial charge is 0.240 e. The zero-order chi connectivity index (χ0) is 14.1. The highest BCUT2D eigenvalue weighted by molar-refractivity contribution is 7.12. The molecule has 1 aliphatic heterocycles. The van der Waals surface area contributed by atoms with Gasteiger partial charge < -0.3 is 5.11 Å². The fourth-order valence-corrected chi connectivity index (χ4v) is 3.07. The molecule has 5 heteroatoms. The third-order valence-electron chi connectivity index (χ3n) is 3.32. The Morgan fingerprint density at radius 1 is 1.35 bits per heavy atom. The number of thiophene rings is 1. The van der Waals surface area contributed by atoms with Crippen molar-refractivity contribution in [1.82, 2.24) is 5.01 Å². The molecule has 0 aliphatic carbocycles. The van der Waals surface area contributed by atoms with E-state index in [4.69, 9.17) is 0 Å². The van der Waals surface area contributed by atoms with Gasteiger partial charge in [0.25, 0.3) is 0 Å². The second-order valence-corrected chi connectivity index (χ2v) is 5.65. The van der Waals surface area contributed by atoms with E-state index in [0.717, 1.165) is 16.2 Å². The van der Waals surface area contributed by atoms with Crippen LogP contribution in [0.4, 0.5) is 0 Å². The average Bonchev–Trinajstić information content (AvgIpc) is 3.08. The first-order valence-corrected chi connectivity index (χ1v) is 7.23. The highest BCUT2D eigenvalue weighted by Crippen LogP contribution is 2.34. The number of hydrazone groups is 1. The highest BCUT2D eigenvalue weighted by atomic mass is 32.1. The van der Waals surface area contributed by atoms with Gasteiger partial charge in [-0.1, -0.05) is 18.2 Å². The van der Waals surface area contributed by atoms with Crippen molar-refractivity contribution in [3.63, 3.8) is 0 Å². The molecule has 3 rings (SSSR count). The first kappa shape index (κ1) is 12.9. The third kappa shape index (κ3) is 2.32. The van der Waals surface area contributed by atoms with Crippen LogP contribution in [0.2, 0.25) is 0 Å². The van der Waals surface area contributed by atoms with Gasteiger partial charge >= 0.3 is 0 Å². The maximum Gasteiger partial charge on any atom is 0.240 e. The quantitative estimate of drug-likeness (QED) is 0.922. The number of carbonyl (C=O) groups excluding carboxylic acids is 1. The number of hydrogen-bond donors (Lipinski definition) is 1. The van der Waals surface area contributed by atoms with Crippen molar-refractivity contribution in [1.29, 1.82) is 0 Å². The molecular weight excluding hydrogens is 272 g/mol. The van der Waals surface area contributed by atoms with Crippen LogP contribution < -0.4 is 0 Å². The number of nitrogens with zero attached hydrogens (tertiary/aromatic N) is 2. The molecule has 20 heavy (non-hydrogen) atoms. The van der Waals surface area contributed by atoms with E-state index in [-0.39, 0.29) is 17.7 Å². The average molecular weight is 286 g/mol. The highest BCUT2D eigenvalue weighted by Gasteiger charge is 2.31. The molecule has 4 nitrogen and oxygen atoms in total. The van der Waals surface area contributed by atoms with Crippen molar-refractivity contribution >= 4 is 23.0 Å². The number of carbonyl (C=O) groups is 1. The molecule has 1 aromatic heterocycles. The summed E-state index contributed by atoms with van der Waals surface area (Å²) in [6.45, 7) is 1.52. The van der Waals surface area contributed by atoms with Crippen LogP contribution in [-0.2, 0) is 4.79 Å². The monoisotopic (exact) mass is 286 g/mol. The lowest BCUT2D eigenvalue weighted by molar-refractivity contribution is -0.130. The fraction of sp³-hybridized carbons (Fsp3) is 0.200. The number of aromatic hydroxyl groups is 1. The minimum Gasteiger partial charge on any atom is -0.508 e. The molecule has 1 aromatic carbocycles. The molecule has 0 radical (unpaired) electrons. The summed E-state index contributed by atoms with van der Waals surface area (Å²) in [5.41, 5.74) is 1.92. The molecule has 0 saturated heterocycles. The van der Waals surface area contributed by atoms with E-state index in [1.807, 2.05) is 29.6 Å². The van der Waals surface area contributed by atoms with E-state index in [1.54, 1.807) is 23.5 Å². The molecule has 0 bridgehead atoms. The molecule has 102 valence electrons. The molecule has 0 spiro atoms. The van der Waals surface area contributed by atoms with Crippen LogP contribution in [0.15, 0.2) is 46.9 Å². The summed E-state index contributed by atoms with van der Waals surface area (Å²) >= 11 is 1.62. The van der Waals surface area contributed by atoms with Crippen LogP contribution in [0.5, 0.6) is 5.75 Å². The fourth-order valence-electron chi connectivity index (χ4n) is 2.35. The Hall–Kier alpha value is -2.14. The van der Waals surface area contributed by atoms with Gasteiger partial charge in [-0.05, 0) is 29.1 Å². The zero-order valence-electron chi connectivity index (χ0n) is 11.0. The molecule has 1 amide bonds. The Labute approximate surface area is 121 Å². The number of phenols is 1. The van der Waals surface area contributed by atoms with Crippen molar-refractivity contribution in [2.75, 3.05) is 0 Å². The summed E-state index contributed by atoms with van der Waals surface area (Å²) in [4.78, 5) is 12.9. The molecule has 1 N–H and O–H groups in total. The lowest BCUT2D eigenvalue weighted by Gasteiger charge is -2.20. The van der Waals surface area contributed by atoms with E-state index < -0.39 is 0 Å². The van der Waals surface area contributed by atoms with E-state index >= 15 is 0 Å². The van der Waals surface area contributed by atoms with Gasteiger partial charge in [-0.25, -0.2) is 5.01 Å². The number of phenolic OH excluding ortho intramolecular Hbond substituents is 1. The predicted molar refractivity (Wildman–Crippen MR) is 78.8 cm³/mol. The molecule has 0 saturated carbocycles. The number of benzene rings is 1. The van der Waals surface area contributed by atoms with Gasteiger partial charge in [-0.3, -0.25) is 4.79 Å². The SMILES string of the molecule is CC(=O)N1N=C(c2cccs2)C[C@@H]1c1ccc(O)cc1. The van der Waals surface area contributed by atoms with Crippen LogP contribution in [0, 0.1) is 0 Å². The summed E-state index contributed by atoms with van der Waals surface area (Å²) in [6.07, 6.45) is 0.699. The van der Waals surface area contributed by atoms with Gasteiger partial charge in [-0.2, -0.15) is 5.10 Å². The van der Waals surface area contributed by atoms with E-state index in [2.05, 4.69) is 5.10 Å². The summed E-state index contributed by atoms with van der Waals surface area (Å²) in [5.74, 6) is 0.148. The molecular formula is C15H14N2O2S. The largest absolute Gasteiger partial charge is 0.508 e.